The summed E-state index contributed by atoms with van der Waals surface area (Å²) in [5.74, 6) is -0.0602. The fourth-order valence-corrected chi connectivity index (χ4v) is 0.714. The van der Waals surface area contributed by atoms with Gasteiger partial charge in [-0.25, -0.2) is 0 Å². The van der Waals surface area contributed by atoms with E-state index >= 15 is 0 Å². The van der Waals surface area contributed by atoms with E-state index < -0.39 is 0 Å². The maximum Gasteiger partial charge on any atom is 0.154 e. The molecule has 1 aromatic rings. The molecule has 0 bridgehead atoms. The van der Waals surface area contributed by atoms with E-state index in [0.717, 1.165) is 0 Å². The van der Waals surface area contributed by atoms with E-state index in [1.165, 1.54) is 12.4 Å². The Morgan fingerprint density at radius 1 is 1.42 bits per heavy atom. The van der Waals surface area contributed by atoms with E-state index in [4.69, 9.17) is 5.11 Å². The second kappa shape index (κ2) is 5.29. The van der Waals surface area contributed by atoms with Crippen molar-refractivity contribution >= 4 is 6.29 Å². The Kier molecular flexibility index (Phi) is 4.69. The van der Waals surface area contributed by atoms with Crippen LogP contribution in [0.3, 0.4) is 0 Å². The van der Waals surface area contributed by atoms with E-state index in [2.05, 4.69) is 4.98 Å². The van der Waals surface area contributed by atoms with Crippen LogP contribution >= 0.6 is 0 Å². The average Bonchev–Trinajstić information content (AvgIpc) is 2.08. The topological polar surface area (TPSA) is 50.2 Å². The first-order chi connectivity index (χ1) is 5.75. The third-order valence-electron chi connectivity index (χ3n) is 1.28. The molecule has 1 N–H and O–H groups in total. The lowest BCUT2D eigenvalue weighted by Crippen LogP contribution is -1.87. The monoisotopic (exact) mass is 167 g/mol. The van der Waals surface area contributed by atoms with E-state index in [0.29, 0.717) is 17.4 Å². The summed E-state index contributed by atoms with van der Waals surface area (Å²) in [7, 11) is 0. The highest BCUT2D eigenvalue weighted by Crippen LogP contribution is 2.15. The Bertz CT molecular complexity index is 238. The first-order valence-corrected chi connectivity index (χ1v) is 3.84. The Balaban J connectivity index is 0.000000561. The molecule has 12 heavy (non-hydrogen) atoms. The number of carbonyl (C=O) groups excluding carboxylic acids is 1. The molecule has 0 saturated carbocycles. The van der Waals surface area contributed by atoms with Gasteiger partial charge in [-0.1, -0.05) is 13.8 Å². The van der Waals surface area contributed by atoms with E-state index in [1.807, 2.05) is 13.8 Å². The molecule has 0 radical (unpaired) electrons. The molecule has 1 aromatic heterocycles. The third kappa shape index (κ3) is 2.34. The predicted molar refractivity (Wildman–Crippen MR) is 47.4 cm³/mol. The Morgan fingerprint density at radius 2 is 2.00 bits per heavy atom. The molecule has 0 fully saturated rings. The van der Waals surface area contributed by atoms with Gasteiger partial charge in [0.2, 0.25) is 0 Å². The molecule has 1 rings (SSSR count). The first kappa shape index (κ1) is 10.6. The second-order valence-corrected chi connectivity index (χ2v) is 2.01. The van der Waals surface area contributed by atoms with Crippen LogP contribution in [0.4, 0.5) is 0 Å². The summed E-state index contributed by atoms with van der Waals surface area (Å²) in [4.78, 5) is 13.9. The van der Waals surface area contributed by atoms with Crippen molar-refractivity contribution in [1.82, 2.24) is 4.98 Å². The van der Waals surface area contributed by atoms with Crippen LogP contribution in [0.5, 0.6) is 5.75 Å². The number of aromatic nitrogens is 1. The largest absolute Gasteiger partial charge is 0.506 e. The summed E-state index contributed by atoms with van der Waals surface area (Å²) < 4.78 is 0. The summed E-state index contributed by atoms with van der Waals surface area (Å²) in [6.45, 7) is 5.72. The van der Waals surface area contributed by atoms with Gasteiger partial charge in [-0.15, -0.1) is 0 Å². The minimum absolute atomic E-state index is 0.0602. The van der Waals surface area contributed by atoms with Crippen molar-refractivity contribution in [1.29, 1.82) is 0 Å². The molecule has 3 heteroatoms. The molecular weight excluding hydrogens is 154 g/mol. The number of rotatable bonds is 1. The van der Waals surface area contributed by atoms with Gasteiger partial charge in [0, 0.05) is 6.20 Å². The van der Waals surface area contributed by atoms with Crippen molar-refractivity contribution in [2.45, 2.75) is 20.8 Å². The highest BCUT2D eigenvalue weighted by Gasteiger charge is 2.01. The number of aldehydes is 1. The van der Waals surface area contributed by atoms with Crippen LogP contribution in [-0.2, 0) is 0 Å². The maximum atomic E-state index is 10.3. The summed E-state index contributed by atoms with van der Waals surface area (Å²) in [6, 6.07) is 0. The van der Waals surface area contributed by atoms with E-state index in [-0.39, 0.29) is 5.75 Å². The minimum Gasteiger partial charge on any atom is -0.506 e. The molecule has 0 aliphatic carbocycles. The summed E-state index contributed by atoms with van der Waals surface area (Å²) in [6.07, 6.45) is 3.40. The fourth-order valence-electron chi connectivity index (χ4n) is 0.714. The van der Waals surface area contributed by atoms with Gasteiger partial charge in [0.1, 0.15) is 5.75 Å². The van der Waals surface area contributed by atoms with Gasteiger partial charge in [-0.3, -0.25) is 9.78 Å². The van der Waals surface area contributed by atoms with Crippen molar-refractivity contribution in [3.05, 3.63) is 23.5 Å². The summed E-state index contributed by atoms with van der Waals surface area (Å²) in [5, 5.41) is 9.00. The van der Waals surface area contributed by atoms with Crippen LogP contribution in [0.15, 0.2) is 12.4 Å². The number of carbonyl (C=O) groups is 1. The molecule has 3 nitrogen and oxygen atoms in total. The average molecular weight is 167 g/mol. The van der Waals surface area contributed by atoms with Gasteiger partial charge in [-0.05, 0) is 12.5 Å². The van der Waals surface area contributed by atoms with Crippen LogP contribution in [0.1, 0.15) is 29.8 Å². The smallest absolute Gasteiger partial charge is 0.154 e. The van der Waals surface area contributed by atoms with Crippen LogP contribution in [-0.4, -0.2) is 16.4 Å². The molecular formula is C9H13NO2. The van der Waals surface area contributed by atoms with E-state index in [1.54, 1.807) is 6.92 Å². The highest BCUT2D eigenvalue weighted by atomic mass is 16.3. The lowest BCUT2D eigenvalue weighted by molar-refractivity contribution is 0.112. The normalized spacial score (nSPS) is 8.25. The van der Waals surface area contributed by atoms with Crippen molar-refractivity contribution in [2.75, 3.05) is 0 Å². The first-order valence-electron chi connectivity index (χ1n) is 3.84. The maximum absolute atomic E-state index is 10.3. The standard InChI is InChI=1S/C7H7NO2.C2H6/c1-5-2-8-3-7(10)6(5)4-9;1-2/h2-4,10H,1H3;1-2H3. The van der Waals surface area contributed by atoms with Gasteiger partial charge in [-0.2, -0.15) is 0 Å². The molecule has 0 aliphatic heterocycles. The van der Waals surface area contributed by atoms with Crippen molar-refractivity contribution in [2.24, 2.45) is 0 Å². The van der Waals surface area contributed by atoms with Gasteiger partial charge in [0.25, 0.3) is 0 Å². The zero-order valence-corrected chi connectivity index (χ0v) is 7.53. The second-order valence-electron chi connectivity index (χ2n) is 2.01. The molecule has 0 unspecified atom stereocenters. The Morgan fingerprint density at radius 3 is 2.33 bits per heavy atom. The van der Waals surface area contributed by atoms with Crippen molar-refractivity contribution in [3.8, 4) is 5.75 Å². The highest BCUT2D eigenvalue weighted by molar-refractivity contribution is 5.80. The summed E-state index contributed by atoms with van der Waals surface area (Å²) >= 11 is 0. The van der Waals surface area contributed by atoms with Gasteiger partial charge in [0.05, 0.1) is 11.8 Å². The Labute approximate surface area is 72.1 Å². The number of aromatic hydroxyl groups is 1. The van der Waals surface area contributed by atoms with Gasteiger partial charge >= 0.3 is 0 Å². The molecule has 0 aliphatic rings. The van der Waals surface area contributed by atoms with Crippen LogP contribution < -0.4 is 0 Å². The molecule has 0 amide bonds. The zero-order chi connectivity index (χ0) is 9.56. The van der Waals surface area contributed by atoms with Gasteiger partial charge in [0.15, 0.2) is 6.29 Å². The molecule has 0 spiro atoms. The molecule has 0 aromatic carbocycles. The van der Waals surface area contributed by atoms with E-state index in [9.17, 15) is 4.79 Å². The van der Waals surface area contributed by atoms with Crippen molar-refractivity contribution in [3.63, 3.8) is 0 Å². The number of pyridine rings is 1. The number of hydrogen-bond donors (Lipinski definition) is 1. The van der Waals surface area contributed by atoms with Crippen LogP contribution in [0, 0.1) is 6.92 Å². The number of nitrogens with zero attached hydrogens (tertiary/aromatic N) is 1. The van der Waals surface area contributed by atoms with Crippen molar-refractivity contribution < 1.29 is 9.90 Å². The third-order valence-corrected chi connectivity index (χ3v) is 1.28. The minimum atomic E-state index is -0.0602. The number of hydrogen-bond acceptors (Lipinski definition) is 3. The summed E-state index contributed by atoms with van der Waals surface area (Å²) in [5.41, 5.74) is 1.00. The molecule has 66 valence electrons. The molecule has 0 atom stereocenters. The van der Waals surface area contributed by atoms with Gasteiger partial charge < -0.3 is 5.11 Å². The SMILES string of the molecule is CC.Cc1cncc(O)c1C=O. The Hall–Kier alpha value is -1.38. The number of aryl methyl sites for hydroxylation is 1. The molecule has 1 heterocycles. The molecule has 0 saturated heterocycles. The zero-order valence-electron chi connectivity index (χ0n) is 7.53. The fraction of sp³-hybridized carbons (Fsp3) is 0.333. The quantitative estimate of drug-likeness (QED) is 0.650. The lowest BCUT2D eigenvalue weighted by atomic mass is 10.2. The van der Waals surface area contributed by atoms with Crippen LogP contribution in [0.2, 0.25) is 0 Å². The predicted octanol–water partition coefficient (Wildman–Crippen LogP) is 1.93. The lowest BCUT2D eigenvalue weighted by Gasteiger charge is -1.97. The van der Waals surface area contributed by atoms with Crippen LogP contribution in [0.25, 0.3) is 0 Å².